The molecule has 1 rings (SSSR count). The van der Waals surface area contributed by atoms with Crippen molar-refractivity contribution in [3.05, 3.63) is 0 Å². The lowest BCUT2D eigenvalue weighted by Gasteiger charge is -2.36. The van der Waals surface area contributed by atoms with E-state index in [1.807, 2.05) is 0 Å². The second-order valence-corrected chi connectivity index (χ2v) is 8.27. The SMILES string of the molecule is CCNC(CCCC(C)C)C1SCCSC1CC. The van der Waals surface area contributed by atoms with Crippen LogP contribution in [0.15, 0.2) is 0 Å². The van der Waals surface area contributed by atoms with Crippen molar-refractivity contribution < 1.29 is 0 Å². The van der Waals surface area contributed by atoms with Gasteiger partial charge in [-0.05, 0) is 25.3 Å². The summed E-state index contributed by atoms with van der Waals surface area (Å²) >= 11 is 4.42. The molecule has 1 heterocycles. The second kappa shape index (κ2) is 9.55. The molecule has 1 fully saturated rings. The molecule has 1 nitrogen and oxygen atoms in total. The van der Waals surface area contributed by atoms with Gasteiger partial charge in [-0.25, -0.2) is 0 Å². The zero-order valence-corrected chi connectivity index (χ0v) is 14.2. The summed E-state index contributed by atoms with van der Waals surface area (Å²) in [7, 11) is 0. The molecule has 1 aliphatic heterocycles. The minimum Gasteiger partial charge on any atom is -0.313 e. The van der Waals surface area contributed by atoms with E-state index in [0.717, 1.165) is 29.0 Å². The molecule has 0 aliphatic carbocycles. The van der Waals surface area contributed by atoms with Crippen LogP contribution in [0.25, 0.3) is 0 Å². The van der Waals surface area contributed by atoms with Crippen molar-refractivity contribution in [1.29, 1.82) is 0 Å². The highest BCUT2D eigenvalue weighted by Gasteiger charge is 2.31. The Morgan fingerprint density at radius 1 is 1.11 bits per heavy atom. The lowest BCUT2D eigenvalue weighted by Crippen LogP contribution is -2.45. The highest BCUT2D eigenvalue weighted by Crippen LogP contribution is 2.36. The maximum Gasteiger partial charge on any atom is 0.0320 e. The maximum atomic E-state index is 3.76. The molecule has 0 aromatic carbocycles. The Hall–Kier alpha value is 0.660. The Morgan fingerprint density at radius 3 is 2.44 bits per heavy atom. The fraction of sp³-hybridized carbons (Fsp3) is 1.00. The van der Waals surface area contributed by atoms with Gasteiger partial charge in [0, 0.05) is 28.0 Å². The Morgan fingerprint density at radius 2 is 1.83 bits per heavy atom. The van der Waals surface area contributed by atoms with E-state index in [-0.39, 0.29) is 0 Å². The van der Waals surface area contributed by atoms with Crippen LogP contribution >= 0.6 is 23.5 Å². The fourth-order valence-electron chi connectivity index (χ4n) is 2.70. The summed E-state index contributed by atoms with van der Waals surface area (Å²) in [6, 6.07) is 0.733. The third-order valence-electron chi connectivity index (χ3n) is 3.65. The second-order valence-electron chi connectivity index (χ2n) is 5.64. The monoisotopic (exact) mass is 289 g/mol. The van der Waals surface area contributed by atoms with Crippen LogP contribution < -0.4 is 5.32 Å². The van der Waals surface area contributed by atoms with E-state index in [0.29, 0.717) is 0 Å². The molecule has 0 aromatic rings. The first-order valence-corrected chi connectivity index (χ1v) is 9.75. The molecule has 1 saturated heterocycles. The summed E-state index contributed by atoms with van der Waals surface area (Å²) in [5.41, 5.74) is 0. The lowest BCUT2D eigenvalue weighted by molar-refractivity contribution is 0.426. The summed E-state index contributed by atoms with van der Waals surface area (Å²) in [6.07, 6.45) is 5.45. The molecule has 18 heavy (non-hydrogen) atoms. The summed E-state index contributed by atoms with van der Waals surface area (Å²) in [5.74, 6) is 3.55. The van der Waals surface area contributed by atoms with Gasteiger partial charge >= 0.3 is 0 Å². The van der Waals surface area contributed by atoms with Gasteiger partial charge in [-0.1, -0.05) is 40.5 Å². The lowest BCUT2D eigenvalue weighted by atomic mass is 9.99. The van der Waals surface area contributed by atoms with Crippen LogP contribution in [0.2, 0.25) is 0 Å². The van der Waals surface area contributed by atoms with Crippen molar-refractivity contribution in [2.45, 2.75) is 69.9 Å². The molecule has 1 N–H and O–H groups in total. The van der Waals surface area contributed by atoms with Crippen molar-refractivity contribution in [3.63, 3.8) is 0 Å². The highest BCUT2D eigenvalue weighted by atomic mass is 32.2. The summed E-state index contributed by atoms with van der Waals surface area (Å²) in [6.45, 7) is 10.4. The number of hydrogen-bond donors (Lipinski definition) is 1. The van der Waals surface area contributed by atoms with E-state index in [9.17, 15) is 0 Å². The Balaban J connectivity index is 2.47. The normalized spacial score (nSPS) is 26.5. The van der Waals surface area contributed by atoms with E-state index >= 15 is 0 Å². The van der Waals surface area contributed by atoms with E-state index in [1.165, 1.54) is 37.2 Å². The molecular weight excluding hydrogens is 258 g/mol. The third kappa shape index (κ3) is 5.75. The largest absolute Gasteiger partial charge is 0.313 e. The Bertz CT molecular complexity index is 209. The van der Waals surface area contributed by atoms with Crippen molar-refractivity contribution in [3.8, 4) is 0 Å². The molecule has 0 radical (unpaired) electrons. The molecule has 0 amide bonds. The molecule has 108 valence electrons. The van der Waals surface area contributed by atoms with Gasteiger partial charge < -0.3 is 5.32 Å². The number of hydrogen-bond acceptors (Lipinski definition) is 3. The standard InChI is InChI=1S/C15H31NS2/c1-5-14-15(18-11-10-17-14)13(16-6-2)9-7-8-12(3)4/h12-16H,5-11H2,1-4H3. The van der Waals surface area contributed by atoms with Gasteiger partial charge in [-0.15, -0.1) is 0 Å². The van der Waals surface area contributed by atoms with Crippen molar-refractivity contribution in [2.24, 2.45) is 5.92 Å². The molecule has 0 aromatic heterocycles. The van der Waals surface area contributed by atoms with Crippen LogP contribution in [-0.4, -0.2) is 34.6 Å². The van der Waals surface area contributed by atoms with E-state index in [2.05, 4.69) is 56.5 Å². The molecule has 3 unspecified atom stereocenters. The van der Waals surface area contributed by atoms with Gasteiger partial charge in [0.25, 0.3) is 0 Å². The van der Waals surface area contributed by atoms with Crippen molar-refractivity contribution >= 4 is 23.5 Å². The molecule has 0 bridgehead atoms. The summed E-state index contributed by atoms with van der Waals surface area (Å²) in [4.78, 5) is 0. The van der Waals surface area contributed by atoms with E-state index in [4.69, 9.17) is 0 Å². The average molecular weight is 290 g/mol. The van der Waals surface area contributed by atoms with E-state index < -0.39 is 0 Å². The molecule has 3 heteroatoms. The Labute approximate surface area is 123 Å². The van der Waals surface area contributed by atoms with Crippen molar-refractivity contribution in [2.75, 3.05) is 18.1 Å². The van der Waals surface area contributed by atoms with Crippen LogP contribution in [0.3, 0.4) is 0 Å². The van der Waals surface area contributed by atoms with Crippen LogP contribution in [-0.2, 0) is 0 Å². The quantitative estimate of drug-likeness (QED) is 0.710. The van der Waals surface area contributed by atoms with Gasteiger partial charge in [0.1, 0.15) is 0 Å². The minimum absolute atomic E-state index is 0.733. The fourth-order valence-corrected chi connectivity index (χ4v) is 6.00. The number of nitrogens with one attached hydrogen (secondary N) is 1. The average Bonchev–Trinajstić information content (AvgIpc) is 2.37. The molecule has 0 spiro atoms. The number of thioether (sulfide) groups is 2. The molecule has 1 aliphatic rings. The van der Waals surface area contributed by atoms with Gasteiger partial charge in [-0.2, -0.15) is 23.5 Å². The zero-order valence-electron chi connectivity index (χ0n) is 12.6. The van der Waals surface area contributed by atoms with Gasteiger partial charge in [0.05, 0.1) is 0 Å². The zero-order chi connectivity index (χ0) is 13.4. The van der Waals surface area contributed by atoms with Crippen LogP contribution in [0.5, 0.6) is 0 Å². The van der Waals surface area contributed by atoms with Gasteiger partial charge in [0.2, 0.25) is 0 Å². The number of rotatable bonds is 8. The predicted octanol–water partition coefficient (Wildman–Crippen LogP) is 4.42. The smallest absolute Gasteiger partial charge is 0.0320 e. The highest BCUT2D eigenvalue weighted by molar-refractivity contribution is 8.07. The van der Waals surface area contributed by atoms with E-state index in [1.54, 1.807) is 0 Å². The molecular formula is C15H31NS2. The molecule has 3 atom stereocenters. The van der Waals surface area contributed by atoms with Crippen LogP contribution in [0, 0.1) is 5.92 Å². The van der Waals surface area contributed by atoms with Crippen LogP contribution in [0.4, 0.5) is 0 Å². The minimum atomic E-state index is 0.733. The molecule has 0 saturated carbocycles. The van der Waals surface area contributed by atoms with Crippen LogP contribution in [0.1, 0.15) is 53.4 Å². The summed E-state index contributed by atoms with van der Waals surface area (Å²) in [5, 5.41) is 5.46. The maximum absolute atomic E-state index is 3.76. The van der Waals surface area contributed by atoms with Crippen molar-refractivity contribution in [1.82, 2.24) is 5.32 Å². The first-order chi connectivity index (χ1) is 8.69. The first kappa shape index (κ1) is 16.7. The van der Waals surface area contributed by atoms with Gasteiger partial charge in [0.15, 0.2) is 0 Å². The van der Waals surface area contributed by atoms with Gasteiger partial charge in [-0.3, -0.25) is 0 Å². The third-order valence-corrected chi connectivity index (χ3v) is 7.06. The topological polar surface area (TPSA) is 12.0 Å². The predicted molar refractivity (Wildman–Crippen MR) is 88.9 cm³/mol. The summed E-state index contributed by atoms with van der Waals surface area (Å²) < 4.78 is 0. The first-order valence-electron chi connectivity index (χ1n) is 7.65. The Kier molecular flexibility index (Phi) is 8.86.